The molecule has 104 valence electrons. The van der Waals surface area contributed by atoms with Crippen molar-refractivity contribution >= 4 is 10.0 Å². The summed E-state index contributed by atoms with van der Waals surface area (Å²) in [6.07, 6.45) is 1.30. The summed E-state index contributed by atoms with van der Waals surface area (Å²) in [5, 5.41) is 0. The summed E-state index contributed by atoms with van der Waals surface area (Å²) in [6.45, 7) is 7.49. The van der Waals surface area contributed by atoms with Crippen molar-refractivity contribution in [2.45, 2.75) is 51.0 Å². The zero-order chi connectivity index (χ0) is 14.0. The van der Waals surface area contributed by atoms with Gasteiger partial charge in [0.25, 0.3) is 0 Å². The Balaban J connectivity index is 3.12. The minimum Gasteiger partial charge on any atom is -0.465 e. The van der Waals surface area contributed by atoms with Crippen LogP contribution in [0.3, 0.4) is 0 Å². The number of aryl methyl sites for hydroxylation is 2. The Bertz CT molecular complexity index is 493. The minimum atomic E-state index is -3.59. The third kappa shape index (κ3) is 2.93. The summed E-state index contributed by atoms with van der Waals surface area (Å²) in [7, 11) is -3.59. The first kappa shape index (κ1) is 15.2. The van der Waals surface area contributed by atoms with E-state index in [1.54, 1.807) is 13.8 Å². The fourth-order valence-corrected chi connectivity index (χ4v) is 3.73. The maximum atomic E-state index is 12.3. The molecule has 0 spiro atoms. The van der Waals surface area contributed by atoms with E-state index < -0.39 is 15.6 Å². The van der Waals surface area contributed by atoms with Crippen LogP contribution in [0.25, 0.3) is 0 Å². The van der Waals surface area contributed by atoms with Gasteiger partial charge in [0.1, 0.15) is 16.4 Å². The largest absolute Gasteiger partial charge is 0.465 e. The molecule has 1 rings (SSSR count). The van der Waals surface area contributed by atoms with Gasteiger partial charge in [-0.05, 0) is 32.8 Å². The second-order valence-corrected chi connectivity index (χ2v) is 6.23. The molecule has 0 fully saturated rings. The first-order valence-electron chi connectivity index (χ1n) is 6.11. The number of nitrogens with two attached hydrogens (primary N) is 1. The number of furan rings is 1. The van der Waals surface area contributed by atoms with Crippen molar-refractivity contribution in [3.63, 3.8) is 0 Å². The van der Waals surface area contributed by atoms with Crippen molar-refractivity contribution in [1.29, 1.82) is 0 Å². The van der Waals surface area contributed by atoms with Crippen LogP contribution in [-0.4, -0.2) is 20.5 Å². The lowest BCUT2D eigenvalue weighted by Crippen LogP contribution is -2.52. The van der Waals surface area contributed by atoms with Crippen LogP contribution in [-0.2, 0) is 10.0 Å². The molecule has 1 heterocycles. The molecule has 0 bridgehead atoms. The second kappa shape index (κ2) is 5.42. The average molecular weight is 274 g/mol. The van der Waals surface area contributed by atoms with E-state index in [1.807, 2.05) is 13.8 Å². The Kier molecular flexibility index (Phi) is 4.58. The van der Waals surface area contributed by atoms with Gasteiger partial charge in [0.15, 0.2) is 0 Å². The predicted molar refractivity (Wildman–Crippen MR) is 70.9 cm³/mol. The molecule has 0 aliphatic carbocycles. The summed E-state index contributed by atoms with van der Waals surface area (Å²) in [4.78, 5) is 0.194. The molecule has 0 radical (unpaired) electrons. The van der Waals surface area contributed by atoms with Gasteiger partial charge in [-0.15, -0.1) is 0 Å². The van der Waals surface area contributed by atoms with Gasteiger partial charge < -0.3 is 10.2 Å². The van der Waals surface area contributed by atoms with E-state index in [2.05, 4.69) is 4.72 Å². The molecule has 0 aromatic carbocycles. The molecule has 5 nitrogen and oxygen atoms in total. The second-order valence-electron chi connectivity index (χ2n) is 4.57. The Labute approximate surface area is 109 Å². The number of hydrogen-bond donors (Lipinski definition) is 2. The van der Waals surface area contributed by atoms with Gasteiger partial charge in [0, 0.05) is 12.1 Å². The monoisotopic (exact) mass is 274 g/mol. The van der Waals surface area contributed by atoms with Crippen LogP contribution in [0.4, 0.5) is 0 Å². The van der Waals surface area contributed by atoms with Gasteiger partial charge in [-0.3, -0.25) is 0 Å². The third-order valence-electron chi connectivity index (χ3n) is 3.38. The van der Waals surface area contributed by atoms with Gasteiger partial charge in [0.05, 0.1) is 0 Å². The molecule has 0 atom stereocenters. The number of rotatable bonds is 6. The summed E-state index contributed by atoms with van der Waals surface area (Å²) >= 11 is 0. The van der Waals surface area contributed by atoms with Gasteiger partial charge >= 0.3 is 0 Å². The topological polar surface area (TPSA) is 85.3 Å². The molecule has 0 aliphatic heterocycles. The van der Waals surface area contributed by atoms with E-state index in [9.17, 15) is 8.42 Å². The lowest BCUT2D eigenvalue weighted by molar-refractivity contribution is 0.363. The molecule has 18 heavy (non-hydrogen) atoms. The molecule has 0 aliphatic rings. The highest BCUT2D eigenvalue weighted by atomic mass is 32.2. The molecular formula is C12H22N2O3S. The Hall–Kier alpha value is -0.850. The van der Waals surface area contributed by atoms with Crippen LogP contribution in [0.15, 0.2) is 15.4 Å². The molecule has 0 unspecified atom stereocenters. The number of nitrogens with one attached hydrogen (secondary N) is 1. The molecule has 3 N–H and O–H groups in total. The number of hydrogen-bond acceptors (Lipinski definition) is 4. The summed E-state index contributed by atoms with van der Waals surface area (Å²) in [6, 6.07) is 1.53. The standard InChI is InChI=1S/C12H22N2O3S/c1-5-12(6-2,8-13)14-18(15,16)11-7-9(3)17-10(11)4/h7,14H,5-6,8,13H2,1-4H3. The highest BCUT2D eigenvalue weighted by Gasteiger charge is 2.32. The summed E-state index contributed by atoms with van der Waals surface area (Å²) < 4.78 is 32.6. The SMILES string of the molecule is CCC(CC)(CN)NS(=O)(=O)c1cc(C)oc1C. The normalized spacial score (nSPS) is 12.9. The molecule has 6 heteroatoms. The minimum absolute atomic E-state index is 0.194. The van der Waals surface area contributed by atoms with Crippen molar-refractivity contribution in [3.8, 4) is 0 Å². The maximum absolute atomic E-state index is 12.3. The molecule has 0 saturated carbocycles. The first-order chi connectivity index (χ1) is 8.30. The Morgan fingerprint density at radius 1 is 1.33 bits per heavy atom. The predicted octanol–water partition coefficient (Wildman–Crippen LogP) is 1.69. The Morgan fingerprint density at radius 2 is 1.89 bits per heavy atom. The smallest absolute Gasteiger partial charge is 0.244 e. The average Bonchev–Trinajstić information content (AvgIpc) is 2.66. The summed E-state index contributed by atoms with van der Waals surface area (Å²) in [5.41, 5.74) is 5.12. The van der Waals surface area contributed by atoms with Crippen molar-refractivity contribution in [3.05, 3.63) is 17.6 Å². The lowest BCUT2D eigenvalue weighted by Gasteiger charge is -2.30. The molecule has 1 aromatic heterocycles. The van der Waals surface area contributed by atoms with E-state index in [0.717, 1.165) is 0 Å². The lowest BCUT2D eigenvalue weighted by atomic mass is 9.95. The molecule has 0 amide bonds. The molecule has 0 saturated heterocycles. The highest BCUT2D eigenvalue weighted by Crippen LogP contribution is 2.23. The van der Waals surface area contributed by atoms with Crippen molar-refractivity contribution in [2.24, 2.45) is 5.73 Å². The van der Waals surface area contributed by atoms with Crippen molar-refractivity contribution in [1.82, 2.24) is 4.72 Å². The van der Waals surface area contributed by atoms with E-state index in [1.165, 1.54) is 6.07 Å². The Morgan fingerprint density at radius 3 is 2.22 bits per heavy atom. The van der Waals surface area contributed by atoms with E-state index in [-0.39, 0.29) is 11.4 Å². The van der Waals surface area contributed by atoms with Gasteiger partial charge in [0.2, 0.25) is 10.0 Å². The number of sulfonamides is 1. The van der Waals surface area contributed by atoms with Crippen LogP contribution >= 0.6 is 0 Å². The van der Waals surface area contributed by atoms with Crippen LogP contribution in [0, 0.1) is 13.8 Å². The zero-order valence-electron chi connectivity index (χ0n) is 11.4. The van der Waals surface area contributed by atoms with E-state index in [0.29, 0.717) is 24.4 Å². The van der Waals surface area contributed by atoms with E-state index >= 15 is 0 Å². The summed E-state index contributed by atoms with van der Waals surface area (Å²) in [5.74, 6) is 0.984. The third-order valence-corrected chi connectivity index (χ3v) is 5.07. The zero-order valence-corrected chi connectivity index (χ0v) is 12.2. The fourth-order valence-electron chi connectivity index (χ4n) is 1.94. The first-order valence-corrected chi connectivity index (χ1v) is 7.59. The maximum Gasteiger partial charge on any atom is 0.244 e. The molecular weight excluding hydrogens is 252 g/mol. The van der Waals surface area contributed by atoms with E-state index in [4.69, 9.17) is 10.2 Å². The van der Waals surface area contributed by atoms with Gasteiger partial charge in [-0.1, -0.05) is 13.8 Å². The quantitative estimate of drug-likeness (QED) is 0.826. The van der Waals surface area contributed by atoms with Crippen LogP contribution in [0.1, 0.15) is 38.2 Å². The van der Waals surface area contributed by atoms with Crippen molar-refractivity contribution in [2.75, 3.05) is 6.54 Å². The molecule has 1 aromatic rings. The van der Waals surface area contributed by atoms with Gasteiger partial charge in [-0.2, -0.15) is 0 Å². The van der Waals surface area contributed by atoms with Gasteiger partial charge in [-0.25, -0.2) is 13.1 Å². The highest BCUT2D eigenvalue weighted by molar-refractivity contribution is 7.89. The van der Waals surface area contributed by atoms with Crippen LogP contribution < -0.4 is 10.5 Å². The fraction of sp³-hybridized carbons (Fsp3) is 0.667. The van der Waals surface area contributed by atoms with Crippen LogP contribution in [0.2, 0.25) is 0 Å². The van der Waals surface area contributed by atoms with Crippen LogP contribution in [0.5, 0.6) is 0 Å². The van der Waals surface area contributed by atoms with Crippen molar-refractivity contribution < 1.29 is 12.8 Å².